The number of aryl methyl sites for hydroxylation is 2. The number of nitrogens with two attached hydrogens (primary N) is 1. The number of rotatable bonds is 11. The van der Waals surface area contributed by atoms with E-state index < -0.39 is 0 Å². The third kappa shape index (κ3) is 5.09. The molecule has 0 bridgehead atoms. The van der Waals surface area contributed by atoms with Gasteiger partial charge in [-0.25, -0.2) is 9.78 Å². The van der Waals surface area contributed by atoms with Crippen LogP contribution in [0.3, 0.4) is 0 Å². The van der Waals surface area contributed by atoms with Crippen LogP contribution in [0.5, 0.6) is 6.01 Å². The van der Waals surface area contributed by atoms with Crippen LogP contribution in [0.15, 0.2) is 11.0 Å². The molecule has 0 radical (unpaired) electrons. The molecule has 1 aliphatic heterocycles. The molecule has 2 aromatic rings. The number of unbranched alkanes of at least 4 members (excludes halogenated alkanes) is 1. The third-order valence-corrected chi connectivity index (χ3v) is 5.01. The van der Waals surface area contributed by atoms with Crippen molar-refractivity contribution in [3.8, 4) is 6.01 Å². The first-order chi connectivity index (χ1) is 13.7. The Balaban J connectivity index is 1.79. The first-order valence-corrected chi connectivity index (χ1v) is 10.3. The molecule has 0 aromatic carbocycles. The maximum absolute atomic E-state index is 13.0. The summed E-state index contributed by atoms with van der Waals surface area (Å²) in [6, 6.07) is 0.332. The second-order valence-electron chi connectivity index (χ2n) is 7.10. The lowest BCUT2D eigenvalue weighted by molar-refractivity contribution is 0.0369. The topological polar surface area (TPSA) is 100 Å². The average molecular weight is 393 g/mol. The molecule has 3 heterocycles. The van der Waals surface area contributed by atoms with Gasteiger partial charge in [0.15, 0.2) is 5.65 Å². The largest absolute Gasteiger partial charge is 0.463 e. The monoisotopic (exact) mass is 392 g/mol. The lowest BCUT2D eigenvalue weighted by atomic mass is 10.3. The summed E-state index contributed by atoms with van der Waals surface area (Å²) in [4.78, 5) is 24.2. The number of nitrogens with zero attached hydrogens (tertiary/aromatic N) is 5. The van der Waals surface area contributed by atoms with Crippen LogP contribution in [0.4, 0.5) is 0 Å². The number of ether oxygens (including phenoxy) is 2. The highest BCUT2D eigenvalue weighted by atomic mass is 16.5. The normalized spacial score (nSPS) is 15.4. The van der Waals surface area contributed by atoms with Gasteiger partial charge in [-0.1, -0.05) is 13.3 Å². The first-order valence-electron chi connectivity index (χ1n) is 10.3. The summed E-state index contributed by atoms with van der Waals surface area (Å²) in [5.41, 5.74) is 6.98. The Morgan fingerprint density at radius 3 is 2.68 bits per heavy atom. The van der Waals surface area contributed by atoms with Crippen molar-refractivity contribution >= 4 is 11.2 Å². The summed E-state index contributed by atoms with van der Waals surface area (Å²) in [5, 5.41) is 0. The average Bonchev–Trinajstić information content (AvgIpc) is 2.98. The van der Waals surface area contributed by atoms with Crippen LogP contribution in [0.1, 0.15) is 32.6 Å². The molecular weight excluding hydrogens is 360 g/mol. The predicted molar refractivity (Wildman–Crippen MR) is 108 cm³/mol. The van der Waals surface area contributed by atoms with Crippen LogP contribution in [0, 0.1) is 0 Å². The molecule has 0 amide bonds. The van der Waals surface area contributed by atoms with Gasteiger partial charge in [0.25, 0.3) is 0 Å². The molecule has 0 aliphatic carbocycles. The molecule has 28 heavy (non-hydrogen) atoms. The van der Waals surface area contributed by atoms with Crippen molar-refractivity contribution in [3.63, 3.8) is 0 Å². The van der Waals surface area contributed by atoms with Gasteiger partial charge in [-0.15, -0.1) is 0 Å². The van der Waals surface area contributed by atoms with Crippen molar-refractivity contribution in [2.75, 3.05) is 46.0 Å². The van der Waals surface area contributed by atoms with Crippen LogP contribution in [-0.2, 0) is 17.8 Å². The number of morpholine rings is 1. The van der Waals surface area contributed by atoms with Gasteiger partial charge in [0.1, 0.15) is 5.52 Å². The molecular formula is C19H32N6O3. The minimum Gasteiger partial charge on any atom is -0.463 e. The van der Waals surface area contributed by atoms with Gasteiger partial charge in [0, 0.05) is 32.7 Å². The van der Waals surface area contributed by atoms with E-state index in [2.05, 4.69) is 21.8 Å². The Morgan fingerprint density at radius 2 is 1.93 bits per heavy atom. The molecule has 0 saturated carbocycles. The van der Waals surface area contributed by atoms with Gasteiger partial charge in [-0.05, 0) is 25.8 Å². The number of fused-ring (bicyclic) bond motifs is 1. The number of aromatic nitrogens is 4. The van der Waals surface area contributed by atoms with Crippen molar-refractivity contribution in [3.05, 3.63) is 16.7 Å². The summed E-state index contributed by atoms with van der Waals surface area (Å²) < 4.78 is 14.5. The molecule has 0 unspecified atom stereocenters. The standard InChI is InChI=1S/C19H32N6O3/c1-2-3-12-28-18-21-15-16-17(22-18)25(19(26)24(16)8-4-6-20)9-5-7-23-10-13-27-14-11-23/h15H,2-14,20H2,1H3. The van der Waals surface area contributed by atoms with Crippen molar-refractivity contribution in [1.82, 2.24) is 24.0 Å². The van der Waals surface area contributed by atoms with Gasteiger partial charge in [-0.3, -0.25) is 14.0 Å². The van der Waals surface area contributed by atoms with Gasteiger partial charge < -0.3 is 15.2 Å². The summed E-state index contributed by atoms with van der Waals surface area (Å²) in [6.45, 7) is 8.82. The van der Waals surface area contributed by atoms with Crippen LogP contribution in [0.25, 0.3) is 11.2 Å². The van der Waals surface area contributed by atoms with Crippen molar-refractivity contribution in [1.29, 1.82) is 0 Å². The smallest absolute Gasteiger partial charge is 0.330 e. The summed E-state index contributed by atoms with van der Waals surface area (Å²) in [5.74, 6) is 0. The number of hydrogen-bond donors (Lipinski definition) is 1. The van der Waals surface area contributed by atoms with E-state index >= 15 is 0 Å². The van der Waals surface area contributed by atoms with Crippen molar-refractivity contribution in [2.24, 2.45) is 5.73 Å². The lowest BCUT2D eigenvalue weighted by Crippen LogP contribution is -2.37. The molecule has 2 aromatic heterocycles. The van der Waals surface area contributed by atoms with E-state index in [1.807, 2.05) is 0 Å². The van der Waals surface area contributed by atoms with Gasteiger partial charge >= 0.3 is 11.7 Å². The molecule has 0 spiro atoms. The Kier molecular flexibility index (Phi) is 7.81. The van der Waals surface area contributed by atoms with Crippen molar-refractivity contribution in [2.45, 2.75) is 45.7 Å². The lowest BCUT2D eigenvalue weighted by Gasteiger charge is -2.26. The summed E-state index contributed by atoms with van der Waals surface area (Å²) >= 11 is 0. The zero-order chi connectivity index (χ0) is 19.8. The maximum Gasteiger partial charge on any atom is 0.330 e. The van der Waals surface area contributed by atoms with Gasteiger partial charge in [0.2, 0.25) is 0 Å². The van der Waals surface area contributed by atoms with Crippen molar-refractivity contribution < 1.29 is 9.47 Å². The Bertz CT molecular complexity index is 797. The van der Waals surface area contributed by atoms with Crippen LogP contribution in [-0.4, -0.2) is 70.0 Å². The molecule has 1 aliphatic rings. The van der Waals surface area contributed by atoms with E-state index in [4.69, 9.17) is 15.2 Å². The summed E-state index contributed by atoms with van der Waals surface area (Å²) in [6.07, 6.45) is 5.31. The van der Waals surface area contributed by atoms with E-state index in [-0.39, 0.29) is 5.69 Å². The van der Waals surface area contributed by atoms with Crippen LogP contribution in [0.2, 0.25) is 0 Å². The van der Waals surface area contributed by atoms with Gasteiger partial charge in [0.05, 0.1) is 26.0 Å². The highest BCUT2D eigenvalue weighted by Gasteiger charge is 2.17. The molecule has 156 valence electrons. The van der Waals surface area contributed by atoms with Crippen LogP contribution < -0.4 is 16.2 Å². The maximum atomic E-state index is 13.0. The molecule has 0 atom stereocenters. The Hall–Kier alpha value is -1.97. The summed E-state index contributed by atoms with van der Waals surface area (Å²) in [7, 11) is 0. The molecule has 9 nitrogen and oxygen atoms in total. The fourth-order valence-electron chi connectivity index (χ4n) is 3.40. The zero-order valence-corrected chi connectivity index (χ0v) is 16.8. The SMILES string of the molecule is CCCCOc1ncc2c(n1)n(CCCN1CCOCC1)c(=O)n2CCCN. The van der Waals surface area contributed by atoms with E-state index in [0.717, 1.165) is 64.0 Å². The molecule has 2 N–H and O–H groups in total. The Morgan fingerprint density at radius 1 is 1.14 bits per heavy atom. The predicted octanol–water partition coefficient (Wildman–Crippen LogP) is 0.843. The quantitative estimate of drug-likeness (QED) is 0.566. The second-order valence-corrected chi connectivity index (χ2v) is 7.10. The minimum atomic E-state index is -0.0505. The van der Waals surface area contributed by atoms with E-state index in [0.29, 0.717) is 37.9 Å². The highest BCUT2D eigenvalue weighted by Crippen LogP contribution is 2.15. The fraction of sp³-hybridized carbons (Fsp3) is 0.737. The fourth-order valence-corrected chi connectivity index (χ4v) is 3.40. The second kappa shape index (κ2) is 10.5. The minimum absolute atomic E-state index is 0.0505. The molecule has 9 heteroatoms. The number of hydrogen-bond acceptors (Lipinski definition) is 7. The third-order valence-electron chi connectivity index (χ3n) is 5.01. The van der Waals surface area contributed by atoms with Gasteiger partial charge in [-0.2, -0.15) is 4.98 Å². The Labute approximate surface area is 165 Å². The van der Waals surface area contributed by atoms with Crippen LogP contribution >= 0.6 is 0 Å². The first kappa shape index (κ1) is 20.8. The zero-order valence-electron chi connectivity index (χ0n) is 16.8. The molecule has 1 saturated heterocycles. The molecule has 3 rings (SSSR count). The number of imidazole rings is 1. The van der Waals surface area contributed by atoms with E-state index in [1.165, 1.54) is 0 Å². The van der Waals surface area contributed by atoms with E-state index in [9.17, 15) is 4.79 Å². The molecule has 1 fully saturated rings. The highest BCUT2D eigenvalue weighted by molar-refractivity contribution is 5.70. The van der Waals surface area contributed by atoms with E-state index in [1.54, 1.807) is 15.3 Å².